The van der Waals surface area contributed by atoms with Gasteiger partial charge in [-0.3, -0.25) is 0 Å². The van der Waals surface area contributed by atoms with E-state index in [0.29, 0.717) is 0 Å². The summed E-state index contributed by atoms with van der Waals surface area (Å²) >= 11 is 0. The smallest absolute Gasteiger partial charge is 0.139 e. The lowest BCUT2D eigenvalue weighted by Crippen LogP contribution is -1.94. The van der Waals surface area contributed by atoms with Gasteiger partial charge in [0, 0.05) is 24.5 Å². The SMILES string of the molecule is Cc1cnc(-c2ccc3ccccc3c2)n1C. The zero-order chi connectivity index (χ0) is 11.8. The van der Waals surface area contributed by atoms with Gasteiger partial charge in [0.15, 0.2) is 0 Å². The number of nitrogens with zero attached hydrogens (tertiary/aromatic N) is 2. The molecule has 0 saturated carbocycles. The van der Waals surface area contributed by atoms with Crippen molar-refractivity contribution in [2.45, 2.75) is 6.92 Å². The van der Waals surface area contributed by atoms with Gasteiger partial charge in [0.05, 0.1) is 0 Å². The van der Waals surface area contributed by atoms with E-state index in [2.05, 4.69) is 58.9 Å². The molecule has 2 aromatic carbocycles. The second kappa shape index (κ2) is 3.74. The zero-order valence-corrected chi connectivity index (χ0v) is 10.0. The van der Waals surface area contributed by atoms with Gasteiger partial charge in [0.2, 0.25) is 0 Å². The summed E-state index contributed by atoms with van der Waals surface area (Å²) in [6.07, 6.45) is 1.91. The van der Waals surface area contributed by atoms with Crippen LogP contribution in [0, 0.1) is 6.92 Å². The van der Waals surface area contributed by atoms with Gasteiger partial charge in [-0.25, -0.2) is 4.98 Å². The van der Waals surface area contributed by atoms with Crippen LogP contribution in [0.15, 0.2) is 48.7 Å². The number of hydrogen-bond acceptors (Lipinski definition) is 1. The van der Waals surface area contributed by atoms with Gasteiger partial charge in [-0.05, 0) is 23.8 Å². The fourth-order valence-corrected chi connectivity index (χ4v) is 2.09. The molecule has 17 heavy (non-hydrogen) atoms. The Kier molecular flexibility index (Phi) is 2.22. The molecule has 2 nitrogen and oxygen atoms in total. The van der Waals surface area contributed by atoms with Crippen LogP contribution < -0.4 is 0 Å². The third-order valence-corrected chi connectivity index (χ3v) is 3.23. The molecule has 0 spiro atoms. The van der Waals surface area contributed by atoms with Crippen LogP contribution in [0.25, 0.3) is 22.2 Å². The van der Waals surface area contributed by atoms with Gasteiger partial charge in [0.25, 0.3) is 0 Å². The summed E-state index contributed by atoms with van der Waals surface area (Å²) in [5.74, 6) is 1.02. The van der Waals surface area contributed by atoms with Gasteiger partial charge in [-0.2, -0.15) is 0 Å². The van der Waals surface area contributed by atoms with Crippen LogP contribution in [0.2, 0.25) is 0 Å². The maximum absolute atomic E-state index is 4.46. The Morgan fingerprint density at radius 3 is 2.47 bits per heavy atom. The van der Waals surface area contributed by atoms with E-state index in [4.69, 9.17) is 0 Å². The standard InChI is InChI=1S/C15H14N2/c1-11-10-16-15(17(11)2)14-8-7-12-5-3-4-6-13(12)9-14/h3-10H,1-2H3. The van der Waals surface area contributed by atoms with E-state index in [0.717, 1.165) is 5.82 Å². The highest BCUT2D eigenvalue weighted by molar-refractivity contribution is 5.86. The third-order valence-electron chi connectivity index (χ3n) is 3.23. The van der Waals surface area contributed by atoms with E-state index in [1.54, 1.807) is 0 Å². The molecule has 84 valence electrons. The lowest BCUT2D eigenvalue weighted by Gasteiger charge is -2.05. The normalized spacial score (nSPS) is 10.9. The molecule has 0 N–H and O–H groups in total. The maximum Gasteiger partial charge on any atom is 0.139 e. The van der Waals surface area contributed by atoms with Crippen LogP contribution in [0.4, 0.5) is 0 Å². The Labute approximate surface area is 101 Å². The average molecular weight is 222 g/mol. The van der Waals surface area contributed by atoms with Crippen LogP contribution in [-0.4, -0.2) is 9.55 Å². The number of aromatic nitrogens is 2. The Hall–Kier alpha value is -2.09. The largest absolute Gasteiger partial charge is 0.331 e. The van der Waals surface area contributed by atoms with Crippen LogP contribution in [0.5, 0.6) is 0 Å². The van der Waals surface area contributed by atoms with Crippen molar-refractivity contribution in [2.75, 3.05) is 0 Å². The van der Waals surface area contributed by atoms with Gasteiger partial charge in [0.1, 0.15) is 5.82 Å². The van der Waals surface area contributed by atoms with Crippen molar-refractivity contribution < 1.29 is 0 Å². The van der Waals surface area contributed by atoms with Gasteiger partial charge in [-0.1, -0.05) is 36.4 Å². The summed E-state index contributed by atoms with van der Waals surface area (Å²) in [5.41, 5.74) is 2.34. The highest BCUT2D eigenvalue weighted by Crippen LogP contribution is 2.23. The first-order valence-corrected chi connectivity index (χ1v) is 5.73. The van der Waals surface area contributed by atoms with Crippen molar-refractivity contribution in [3.63, 3.8) is 0 Å². The Balaban J connectivity index is 2.21. The first-order valence-electron chi connectivity index (χ1n) is 5.73. The average Bonchev–Trinajstić information content (AvgIpc) is 2.70. The molecular weight excluding hydrogens is 208 g/mol. The highest BCUT2D eigenvalue weighted by Gasteiger charge is 2.06. The van der Waals surface area contributed by atoms with Crippen LogP contribution in [0.3, 0.4) is 0 Å². The molecule has 0 aliphatic carbocycles. The summed E-state index contributed by atoms with van der Waals surface area (Å²) < 4.78 is 2.12. The Morgan fingerprint density at radius 1 is 1.00 bits per heavy atom. The van der Waals surface area contributed by atoms with E-state index in [9.17, 15) is 0 Å². The van der Waals surface area contributed by atoms with Crippen molar-refractivity contribution in [1.29, 1.82) is 0 Å². The van der Waals surface area contributed by atoms with E-state index < -0.39 is 0 Å². The molecule has 3 rings (SSSR count). The number of rotatable bonds is 1. The minimum atomic E-state index is 1.02. The summed E-state index contributed by atoms with van der Waals surface area (Å²) in [6.45, 7) is 2.07. The van der Waals surface area contributed by atoms with Crippen molar-refractivity contribution >= 4 is 10.8 Å². The second-order valence-corrected chi connectivity index (χ2v) is 4.34. The van der Waals surface area contributed by atoms with Gasteiger partial charge in [-0.15, -0.1) is 0 Å². The number of aryl methyl sites for hydroxylation is 1. The van der Waals surface area contributed by atoms with E-state index in [1.807, 2.05) is 13.2 Å². The molecule has 0 saturated heterocycles. The monoisotopic (exact) mass is 222 g/mol. The molecule has 0 fully saturated rings. The summed E-state index contributed by atoms with van der Waals surface area (Å²) in [5, 5.41) is 2.52. The van der Waals surface area contributed by atoms with E-state index >= 15 is 0 Å². The molecule has 0 aliphatic rings. The minimum Gasteiger partial charge on any atom is -0.331 e. The van der Waals surface area contributed by atoms with Crippen molar-refractivity contribution in [3.8, 4) is 11.4 Å². The Bertz CT molecular complexity index is 680. The van der Waals surface area contributed by atoms with Gasteiger partial charge >= 0.3 is 0 Å². The van der Waals surface area contributed by atoms with Crippen LogP contribution >= 0.6 is 0 Å². The van der Waals surface area contributed by atoms with Crippen LogP contribution in [-0.2, 0) is 7.05 Å². The topological polar surface area (TPSA) is 17.8 Å². The second-order valence-electron chi connectivity index (χ2n) is 4.34. The zero-order valence-electron chi connectivity index (χ0n) is 10.0. The number of fused-ring (bicyclic) bond motifs is 1. The minimum absolute atomic E-state index is 1.02. The predicted octanol–water partition coefficient (Wildman–Crippen LogP) is 3.55. The fourth-order valence-electron chi connectivity index (χ4n) is 2.09. The van der Waals surface area contributed by atoms with E-state index in [-0.39, 0.29) is 0 Å². The summed E-state index contributed by atoms with van der Waals surface area (Å²) in [6, 6.07) is 14.9. The molecule has 0 atom stereocenters. The predicted molar refractivity (Wildman–Crippen MR) is 70.9 cm³/mol. The summed E-state index contributed by atoms with van der Waals surface area (Å²) in [7, 11) is 2.05. The molecule has 0 amide bonds. The lowest BCUT2D eigenvalue weighted by molar-refractivity contribution is 0.884. The lowest BCUT2D eigenvalue weighted by atomic mass is 10.1. The molecular formula is C15H14N2. The highest BCUT2D eigenvalue weighted by atomic mass is 15.1. The maximum atomic E-state index is 4.46. The van der Waals surface area contributed by atoms with E-state index in [1.165, 1.54) is 22.0 Å². The van der Waals surface area contributed by atoms with Crippen molar-refractivity contribution in [3.05, 3.63) is 54.4 Å². The van der Waals surface area contributed by atoms with Crippen LogP contribution in [0.1, 0.15) is 5.69 Å². The number of benzene rings is 2. The van der Waals surface area contributed by atoms with Gasteiger partial charge < -0.3 is 4.57 Å². The number of imidazole rings is 1. The fraction of sp³-hybridized carbons (Fsp3) is 0.133. The molecule has 1 aromatic heterocycles. The molecule has 0 aliphatic heterocycles. The summed E-state index contributed by atoms with van der Waals surface area (Å²) in [4.78, 5) is 4.46. The molecule has 0 radical (unpaired) electrons. The molecule has 3 aromatic rings. The van der Waals surface area contributed by atoms with Crippen molar-refractivity contribution in [2.24, 2.45) is 7.05 Å². The first-order chi connectivity index (χ1) is 8.25. The molecule has 0 bridgehead atoms. The van der Waals surface area contributed by atoms with Crippen molar-refractivity contribution in [1.82, 2.24) is 9.55 Å². The molecule has 0 unspecified atom stereocenters. The molecule has 1 heterocycles. The third kappa shape index (κ3) is 1.62. The Morgan fingerprint density at radius 2 is 1.76 bits per heavy atom. The molecule has 2 heteroatoms. The first kappa shape index (κ1) is 10.1. The number of hydrogen-bond donors (Lipinski definition) is 0. The quantitative estimate of drug-likeness (QED) is 0.615.